The fourth-order valence-electron chi connectivity index (χ4n) is 3.93. The number of anilines is 2. The van der Waals surface area contributed by atoms with Crippen LogP contribution >= 0.6 is 0 Å². The molecule has 1 aliphatic heterocycles. The van der Waals surface area contributed by atoms with Crippen LogP contribution in [0.3, 0.4) is 0 Å². The van der Waals surface area contributed by atoms with E-state index in [1.807, 2.05) is 24.3 Å². The fraction of sp³-hybridized carbons (Fsp3) is 0.320. The number of amides is 2. The number of piperazine rings is 1. The van der Waals surface area contributed by atoms with Crippen molar-refractivity contribution in [1.82, 2.24) is 14.9 Å². The Hall–Kier alpha value is -4.21. The minimum Gasteiger partial charge on any atom is -0.493 e. The summed E-state index contributed by atoms with van der Waals surface area (Å²) in [5.74, 6) is 3.28. The zero-order valence-corrected chi connectivity index (χ0v) is 20.3. The third-order valence-electron chi connectivity index (χ3n) is 5.86. The Kier molecular flexibility index (Phi) is 7.39. The van der Waals surface area contributed by atoms with E-state index in [-0.39, 0.29) is 6.03 Å². The summed E-state index contributed by atoms with van der Waals surface area (Å²) in [6.07, 6.45) is 1.55. The second-order valence-electron chi connectivity index (χ2n) is 7.81. The monoisotopic (exact) mass is 479 g/mol. The van der Waals surface area contributed by atoms with Gasteiger partial charge in [-0.2, -0.15) is 0 Å². The van der Waals surface area contributed by atoms with Crippen LogP contribution < -0.4 is 29.2 Å². The lowest BCUT2D eigenvalue weighted by molar-refractivity contribution is 0.208. The second-order valence-corrected chi connectivity index (χ2v) is 7.81. The SMILES string of the molecule is COc1ccc(NC(=O)N2CCN(c3cc(-c4ccc(OC)c(OC)c4)ncn3)CC2)cc1OC. The predicted octanol–water partition coefficient (Wildman–Crippen LogP) is 3.53. The first-order valence-corrected chi connectivity index (χ1v) is 11.1. The Morgan fingerprint density at radius 2 is 1.40 bits per heavy atom. The number of hydrogen-bond acceptors (Lipinski definition) is 8. The number of carbonyl (C=O) groups excluding carboxylic acids is 1. The van der Waals surface area contributed by atoms with E-state index in [0.717, 1.165) is 17.1 Å². The summed E-state index contributed by atoms with van der Waals surface area (Å²) in [6, 6.07) is 12.7. The molecule has 0 aliphatic carbocycles. The van der Waals surface area contributed by atoms with Gasteiger partial charge in [0.15, 0.2) is 23.0 Å². The van der Waals surface area contributed by atoms with Crippen molar-refractivity contribution in [2.45, 2.75) is 0 Å². The van der Waals surface area contributed by atoms with Crippen LogP contribution in [0.1, 0.15) is 0 Å². The van der Waals surface area contributed by atoms with Crippen molar-refractivity contribution in [2.75, 3.05) is 64.8 Å². The molecule has 3 aromatic rings. The molecule has 0 unspecified atom stereocenters. The van der Waals surface area contributed by atoms with E-state index in [4.69, 9.17) is 18.9 Å². The minimum absolute atomic E-state index is 0.162. The van der Waals surface area contributed by atoms with Gasteiger partial charge < -0.3 is 34.1 Å². The average Bonchev–Trinajstić information content (AvgIpc) is 2.92. The summed E-state index contributed by atoms with van der Waals surface area (Å²) in [4.78, 5) is 25.6. The van der Waals surface area contributed by atoms with Gasteiger partial charge in [-0.25, -0.2) is 14.8 Å². The largest absolute Gasteiger partial charge is 0.493 e. The van der Waals surface area contributed by atoms with E-state index in [0.29, 0.717) is 54.9 Å². The molecule has 0 atom stereocenters. The zero-order valence-electron chi connectivity index (χ0n) is 20.3. The van der Waals surface area contributed by atoms with Crippen LogP contribution in [-0.2, 0) is 0 Å². The molecule has 1 aromatic heterocycles. The molecule has 0 radical (unpaired) electrons. The quantitative estimate of drug-likeness (QED) is 0.550. The maximum atomic E-state index is 12.8. The number of nitrogens with one attached hydrogen (secondary N) is 1. The summed E-state index contributed by atoms with van der Waals surface area (Å²) >= 11 is 0. The molecule has 2 aromatic carbocycles. The molecule has 2 amide bonds. The number of ether oxygens (including phenoxy) is 4. The number of carbonyl (C=O) groups is 1. The molecule has 4 rings (SSSR count). The molecule has 35 heavy (non-hydrogen) atoms. The van der Waals surface area contributed by atoms with Crippen LogP contribution in [0.4, 0.5) is 16.3 Å². The van der Waals surface area contributed by atoms with Gasteiger partial charge in [0.25, 0.3) is 0 Å². The molecule has 0 spiro atoms. The first-order chi connectivity index (χ1) is 17.1. The normalized spacial score (nSPS) is 13.3. The van der Waals surface area contributed by atoms with E-state index < -0.39 is 0 Å². The van der Waals surface area contributed by atoms with Gasteiger partial charge in [0.2, 0.25) is 0 Å². The lowest BCUT2D eigenvalue weighted by Gasteiger charge is -2.35. The standard InChI is InChI=1S/C25H29N5O5/c1-32-20-7-5-17(13-22(20)34-3)19-15-24(27-16-26-19)29-9-11-30(12-10-29)25(31)28-18-6-8-21(33-2)23(14-18)35-4/h5-8,13-16H,9-12H2,1-4H3,(H,28,31). The smallest absolute Gasteiger partial charge is 0.321 e. The molecule has 10 nitrogen and oxygen atoms in total. The van der Waals surface area contributed by atoms with Gasteiger partial charge in [0, 0.05) is 49.6 Å². The average molecular weight is 480 g/mol. The highest BCUT2D eigenvalue weighted by atomic mass is 16.5. The Morgan fingerprint density at radius 1 is 0.771 bits per heavy atom. The molecule has 0 saturated carbocycles. The first-order valence-electron chi connectivity index (χ1n) is 11.1. The van der Waals surface area contributed by atoms with Gasteiger partial charge in [-0.1, -0.05) is 0 Å². The first kappa shape index (κ1) is 23.9. The Morgan fingerprint density at radius 3 is 2.06 bits per heavy atom. The second kappa shape index (κ2) is 10.8. The maximum absolute atomic E-state index is 12.8. The van der Waals surface area contributed by atoms with Gasteiger partial charge in [0.05, 0.1) is 34.1 Å². The summed E-state index contributed by atoms with van der Waals surface area (Å²) < 4.78 is 21.3. The van der Waals surface area contributed by atoms with Crippen LogP contribution in [-0.4, -0.2) is 75.5 Å². The topological polar surface area (TPSA) is 98.3 Å². The van der Waals surface area contributed by atoms with Gasteiger partial charge in [-0.3, -0.25) is 0 Å². The van der Waals surface area contributed by atoms with Crippen LogP contribution in [0.2, 0.25) is 0 Å². The lowest BCUT2D eigenvalue weighted by Crippen LogP contribution is -2.50. The van der Waals surface area contributed by atoms with E-state index >= 15 is 0 Å². The molecular weight excluding hydrogens is 450 g/mol. The van der Waals surface area contributed by atoms with Gasteiger partial charge in [-0.05, 0) is 30.3 Å². The van der Waals surface area contributed by atoms with Gasteiger partial charge in [0.1, 0.15) is 12.1 Å². The van der Waals surface area contributed by atoms with E-state index in [9.17, 15) is 4.79 Å². The van der Waals surface area contributed by atoms with Crippen molar-refractivity contribution in [3.63, 3.8) is 0 Å². The predicted molar refractivity (Wildman–Crippen MR) is 133 cm³/mol. The van der Waals surface area contributed by atoms with Crippen LogP contribution in [0, 0.1) is 0 Å². The van der Waals surface area contributed by atoms with Crippen LogP contribution in [0.15, 0.2) is 48.8 Å². The van der Waals surface area contributed by atoms with E-state index in [1.54, 1.807) is 57.9 Å². The molecular formula is C25H29N5O5. The van der Waals surface area contributed by atoms with E-state index in [2.05, 4.69) is 20.2 Å². The molecule has 10 heteroatoms. The summed E-state index contributed by atoms with van der Waals surface area (Å²) in [5.41, 5.74) is 2.33. The van der Waals surface area contributed by atoms with Crippen molar-refractivity contribution in [3.05, 3.63) is 48.8 Å². The number of methoxy groups -OCH3 is 4. The highest BCUT2D eigenvalue weighted by molar-refractivity contribution is 5.90. The van der Waals surface area contributed by atoms with Crippen molar-refractivity contribution in [3.8, 4) is 34.3 Å². The zero-order chi connectivity index (χ0) is 24.8. The Balaban J connectivity index is 1.40. The summed E-state index contributed by atoms with van der Waals surface area (Å²) in [7, 11) is 6.35. The molecule has 1 N–H and O–H groups in total. The third kappa shape index (κ3) is 5.32. The third-order valence-corrected chi connectivity index (χ3v) is 5.86. The molecule has 184 valence electrons. The van der Waals surface area contributed by atoms with Crippen LogP contribution in [0.5, 0.6) is 23.0 Å². The fourth-order valence-corrected chi connectivity index (χ4v) is 3.93. The van der Waals surface area contributed by atoms with Gasteiger partial charge >= 0.3 is 6.03 Å². The summed E-state index contributed by atoms with van der Waals surface area (Å²) in [6.45, 7) is 2.44. The minimum atomic E-state index is -0.162. The molecule has 0 bridgehead atoms. The maximum Gasteiger partial charge on any atom is 0.321 e. The number of benzene rings is 2. The number of hydrogen-bond donors (Lipinski definition) is 1. The number of urea groups is 1. The molecule has 1 aliphatic rings. The number of rotatable bonds is 7. The van der Waals surface area contributed by atoms with Gasteiger partial charge in [-0.15, -0.1) is 0 Å². The molecule has 1 fully saturated rings. The molecule has 2 heterocycles. The summed E-state index contributed by atoms with van der Waals surface area (Å²) in [5, 5.41) is 2.93. The Labute approximate surface area is 204 Å². The highest BCUT2D eigenvalue weighted by Gasteiger charge is 2.23. The molecule has 1 saturated heterocycles. The number of aromatic nitrogens is 2. The Bertz CT molecular complexity index is 1180. The van der Waals surface area contributed by atoms with Crippen molar-refractivity contribution < 1.29 is 23.7 Å². The van der Waals surface area contributed by atoms with Crippen molar-refractivity contribution >= 4 is 17.5 Å². The van der Waals surface area contributed by atoms with Crippen molar-refractivity contribution in [2.24, 2.45) is 0 Å². The van der Waals surface area contributed by atoms with Crippen LogP contribution in [0.25, 0.3) is 11.3 Å². The van der Waals surface area contributed by atoms with E-state index in [1.165, 1.54) is 0 Å². The lowest BCUT2D eigenvalue weighted by atomic mass is 10.1. The van der Waals surface area contributed by atoms with Crippen molar-refractivity contribution in [1.29, 1.82) is 0 Å². The highest BCUT2D eigenvalue weighted by Crippen LogP contribution is 2.32. The number of nitrogens with zero attached hydrogens (tertiary/aromatic N) is 4.